The van der Waals surface area contributed by atoms with E-state index in [1.807, 2.05) is 19.9 Å². The monoisotopic (exact) mass is 326 g/mol. The molecule has 0 radical (unpaired) electrons. The van der Waals surface area contributed by atoms with E-state index in [-0.39, 0.29) is 4.90 Å². The third kappa shape index (κ3) is 3.81. The number of methoxy groups -OCH3 is 1. The van der Waals surface area contributed by atoms with Gasteiger partial charge in [-0.25, -0.2) is 18.1 Å². The van der Waals surface area contributed by atoms with Crippen LogP contribution in [0.1, 0.15) is 16.1 Å². The van der Waals surface area contributed by atoms with Crippen molar-refractivity contribution in [2.24, 2.45) is 0 Å². The number of rotatable bonds is 6. The van der Waals surface area contributed by atoms with Crippen molar-refractivity contribution in [1.82, 2.24) is 9.71 Å². The van der Waals surface area contributed by atoms with E-state index < -0.39 is 10.0 Å². The molecule has 5 nitrogen and oxygen atoms in total. The van der Waals surface area contributed by atoms with E-state index in [2.05, 4.69) is 9.71 Å². The second-order valence-corrected chi connectivity index (χ2v) is 7.34. The van der Waals surface area contributed by atoms with Gasteiger partial charge < -0.3 is 4.74 Å². The van der Waals surface area contributed by atoms with Crippen molar-refractivity contribution in [3.8, 4) is 5.75 Å². The van der Waals surface area contributed by atoms with Crippen molar-refractivity contribution < 1.29 is 13.2 Å². The molecule has 1 aromatic heterocycles. The van der Waals surface area contributed by atoms with E-state index in [1.165, 1.54) is 18.4 Å². The molecule has 1 N–H and O–H groups in total. The van der Waals surface area contributed by atoms with E-state index in [1.54, 1.807) is 17.6 Å². The van der Waals surface area contributed by atoms with Crippen LogP contribution in [-0.2, 0) is 16.4 Å². The molecule has 1 aromatic carbocycles. The van der Waals surface area contributed by atoms with Gasteiger partial charge in [0.05, 0.1) is 18.3 Å². The van der Waals surface area contributed by atoms with Crippen molar-refractivity contribution in [2.75, 3.05) is 13.7 Å². The predicted molar refractivity (Wildman–Crippen MR) is 83.5 cm³/mol. The zero-order valence-electron chi connectivity index (χ0n) is 12.2. The van der Waals surface area contributed by atoms with Gasteiger partial charge in [-0.05, 0) is 38.0 Å². The number of hydrogen-bond donors (Lipinski definition) is 1. The molecular formula is C14H18N2O3S2. The maximum absolute atomic E-state index is 12.4. The highest BCUT2D eigenvalue weighted by atomic mass is 32.2. The highest BCUT2D eigenvalue weighted by molar-refractivity contribution is 7.89. The molecule has 0 aliphatic heterocycles. The van der Waals surface area contributed by atoms with Crippen molar-refractivity contribution in [3.05, 3.63) is 39.8 Å². The van der Waals surface area contributed by atoms with Crippen LogP contribution in [-0.4, -0.2) is 27.1 Å². The van der Waals surface area contributed by atoms with Crippen LogP contribution < -0.4 is 9.46 Å². The molecule has 0 spiro atoms. The Morgan fingerprint density at radius 2 is 2.10 bits per heavy atom. The van der Waals surface area contributed by atoms with Crippen molar-refractivity contribution >= 4 is 21.4 Å². The quantitative estimate of drug-likeness (QED) is 0.884. The highest BCUT2D eigenvalue weighted by Gasteiger charge is 2.19. The van der Waals surface area contributed by atoms with E-state index in [4.69, 9.17) is 4.74 Å². The first-order valence-electron chi connectivity index (χ1n) is 6.47. The van der Waals surface area contributed by atoms with Crippen LogP contribution in [0.3, 0.4) is 0 Å². The molecule has 0 unspecified atom stereocenters. The Labute approximate surface area is 129 Å². The lowest BCUT2D eigenvalue weighted by molar-refractivity contribution is 0.402. The van der Waals surface area contributed by atoms with Gasteiger partial charge in [-0.2, -0.15) is 0 Å². The SMILES string of the molecule is COc1ccc(C)cc1S(=O)(=O)NCCc1scnc1C. The molecular weight excluding hydrogens is 308 g/mol. The second kappa shape index (κ2) is 6.55. The molecule has 0 amide bonds. The fourth-order valence-electron chi connectivity index (χ4n) is 1.94. The fourth-order valence-corrected chi connectivity index (χ4v) is 4.00. The average Bonchev–Trinajstić information content (AvgIpc) is 2.84. The maximum Gasteiger partial charge on any atom is 0.244 e. The smallest absolute Gasteiger partial charge is 0.244 e. The van der Waals surface area contributed by atoms with Gasteiger partial charge in [0.25, 0.3) is 0 Å². The Morgan fingerprint density at radius 3 is 2.71 bits per heavy atom. The molecule has 1 heterocycles. The number of aromatic nitrogens is 1. The van der Waals surface area contributed by atoms with Crippen LogP contribution in [0, 0.1) is 13.8 Å². The van der Waals surface area contributed by atoms with Crippen LogP contribution in [0.4, 0.5) is 0 Å². The van der Waals surface area contributed by atoms with Crippen molar-refractivity contribution in [3.63, 3.8) is 0 Å². The zero-order chi connectivity index (χ0) is 15.5. The Kier molecular flexibility index (Phi) is 4.97. The third-order valence-electron chi connectivity index (χ3n) is 3.10. The van der Waals surface area contributed by atoms with Crippen LogP contribution >= 0.6 is 11.3 Å². The van der Waals surface area contributed by atoms with Crippen molar-refractivity contribution in [1.29, 1.82) is 0 Å². The number of sulfonamides is 1. The summed E-state index contributed by atoms with van der Waals surface area (Å²) in [6.07, 6.45) is 0.629. The minimum atomic E-state index is -3.58. The topological polar surface area (TPSA) is 68.3 Å². The molecule has 0 saturated carbocycles. The Hall–Kier alpha value is -1.44. The van der Waals surface area contributed by atoms with Gasteiger partial charge in [0.15, 0.2) is 0 Å². The van der Waals surface area contributed by atoms with Crippen LogP contribution in [0.2, 0.25) is 0 Å². The molecule has 114 valence electrons. The van der Waals surface area contributed by atoms with Gasteiger partial charge in [-0.3, -0.25) is 0 Å². The van der Waals surface area contributed by atoms with Gasteiger partial charge >= 0.3 is 0 Å². The number of thiazole rings is 1. The summed E-state index contributed by atoms with van der Waals surface area (Å²) < 4.78 is 32.5. The summed E-state index contributed by atoms with van der Waals surface area (Å²) in [4.78, 5) is 5.41. The Bertz CT molecular complexity index is 724. The molecule has 0 aliphatic rings. The highest BCUT2D eigenvalue weighted by Crippen LogP contribution is 2.24. The molecule has 2 aromatic rings. The summed E-state index contributed by atoms with van der Waals surface area (Å²) in [6, 6.07) is 5.09. The number of benzene rings is 1. The number of hydrogen-bond acceptors (Lipinski definition) is 5. The summed E-state index contributed by atoms with van der Waals surface area (Å²) in [5, 5.41) is 0. The largest absolute Gasteiger partial charge is 0.495 e. The Morgan fingerprint density at radius 1 is 1.33 bits per heavy atom. The van der Waals surface area contributed by atoms with Gasteiger partial charge in [0.2, 0.25) is 10.0 Å². The van der Waals surface area contributed by atoms with E-state index in [9.17, 15) is 8.42 Å². The molecule has 0 atom stereocenters. The summed E-state index contributed by atoms with van der Waals surface area (Å²) in [6.45, 7) is 4.10. The first-order valence-corrected chi connectivity index (χ1v) is 8.83. The number of ether oxygens (including phenoxy) is 1. The second-order valence-electron chi connectivity index (χ2n) is 4.66. The minimum absolute atomic E-state index is 0.172. The number of nitrogens with zero attached hydrogens (tertiary/aromatic N) is 1. The molecule has 21 heavy (non-hydrogen) atoms. The molecule has 0 aliphatic carbocycles. The van der Waals surface area contributed by atoms with Gasteiger partial charge in [-0.1, -0.05) is 6.07 Å². The molecule has 0 bridgehead atoms. The fraction of sp³-hybridized carbons (Fsp3) is 0.357. The average molecular weight is 326 g/mol. The molecule has 0 saturated heterocycles. The predicted octanol–water partition coefficient (Wildman–Crippen LogP) is 2.29. The van der Waals surface area contributed by atoms with E-state index in [0.717, 1.165) is 16.1 Å². The van der Waals surface area contributed by atoms with Crippen LogP contribution in [0.5, 0.6) is 5.75 Å². The number of aryl methyl sites for hydroxylation is 2. The lowest BCUT2D eigenvalue weighted by atomic mass is 10.2. The summed E-state index contributed by atoms with van der Waals surface area (Å²) in [7, 11) is -2.12. The van der Waals surface area contributed by atoms with Crippen molar-refractivity contribution in [2.45, 2.75) is 25.2 Å². The van der Waals surface area contributed by atoms with Crippen LogP contribution in [0.15, 0.2) is 28.6 Å². The Balaban J connectivity index is 2.12. The van der Waals surface area contributed by atoms with Gasteiger partial charge in [0, 0.05) is 11.4 Å². The lowest BCUT2D eigenvalue weighted by Gasteiger charge is -2.11. The van der Waals surface area contributed by atoms with E-state index >= 15 is 0 Å². The molecule has 0 fully saturated rings. The van der Waals surface area contributed by atoms with Gasteiger partial charge in [0.1, 0.15) is 10.6 Å². The zero-order valence-corrected chi connectivity index (χ0v) is 13.8. The molecule has 2 rings (SSSR count). The van der Waals surface area contributed by atoms with E-state index in [0.29, 0.717) is 18.7 Å². The van der Waals surface area contributed by atoms with Gasteiger partial charge in [-0.15, -0.1) is 11.3 Å². The maximum atomic E-state index is 12.4. The number of nitrogens with one attached hydrogen (secondary N) is 1. The standard InChI is InChI=1S/C14H18N2O3S2/c1-10-4-5-12(19-3)14(8-10)21(17,18)16-7-6-13-11(2)15-9-20-13/h4-5,8-9,16H,6-7H2,1-3H3. The normalized spacial score (nSPS) is 11.6. The minimum Gasteiger partial charge on any atom is -0.495 e. The lowest BCUT2D eigenvalue weighted by Crippen LogP contribution is -2.26. The van der Waals surface area contributed by atoms with Crippen LogP contribution in [0.25, 0.3) is 0 Å². The first kappa shape index (κ1) is 15.9. The molecule has 7 heteroatoms. The summed E-state index contributed by atoms with van der Waals surface area (Å²) in [5.41, 5.74) is 3.59. The third-order valence-corrected chi connectivity index (χ3v) is 5.57. The summed E-state index contributed by atoms with van der Waals surface area (Å²) in [5.74, 6) is 0.349. The first-order chi connectivity index (χ1) is 9.94. The summed E-state index contributed by atoms with van der Waals surface area (Å²) >= 11 is 1.54.